The second kappa shape index (κ2) is 5.21. The number of nitriles is 1. The van der Waals surface area contributed by atoms with E-state index < -0.39 is 0 Å². The molecule has 0 saturated heterocycles. The summed E-state index contributed by atoms with van der Waals surface area (Å²) in [5.41, 5.74) is -0.386. The van der Waals surface area contributed by atoms with Gasteiger partial charge in [-0.25, -0.2) is 0 Å². The van der Waals surface area contributed by atoms with Crippen molar-refractivity contribution in [2.24, 2.45) is 0 Å². The summed E-state index contributed by atoms with van der Waals surface area (Å²) in [4.78, 5) is 2.24. The van der Waals surface area contributed by atoms with Crippen molar-refractivity contribution >= 4 is 0 Å². The first-order valence-corrected chi connectivity index (χ1v) is 4.75. The number of nitrogens with one attached hydrogen (secondary N) is 1. The summed E-state index contributed by atoms with van der Waals surface area (Å²) in [6.07, 6.45) is 0.856. The van der Waals surface area contributed by atoms with Gasteiger partial charge in [0.05, 0.1) is 6.07 Å². The molecule has 0 aromatic rings. The molecule has 13 heavy (non-hydrogen) atoms. The Labute approximate surface area is 81.7 Å². The summed E-state index contributed by atoms with van der Waals surface area (Å²) in [7, 11) is 3.91. The second-order valence-corrected chi connectivity index (χ2v) is 4.02. The van der Waals surface area contributed by atoms with Gasteiger partial charge < -0.3 is 10.2 Å². The zero-order chi connectivity index (χ0) is 10.5. The Bertz CT molecular complexity index is 183. The first kappa shape index (κ1) is 12.4. The van der Waals surface area contributed by atoms with Crippen molar-refractivity contribution in [3.05, 3.63) is 0 Å². The van der Waals surface area contributed by atoms with Gasteiger partial charge in [-0.2, -0.15) is 5.26 Å². The van der Waals surface area contributed by atoms with Crippen molar-refractivity contribution in [2.45, 2.75) is 38.8 Å². The van der Waals surface area contributed by atoms with E-state index in [1.54, 1.807) is 0 Å². The van der Waals surface area contributed by atoms with E-state index in [0.29, 0.717) is 6.04 Å². The molecule has 0 aliphatic rings. The van der Waals surface area contributed by atoms with Crippen molar-refractivity contribution in [3.63, 3.8) is 0 Å². The van der Waals surface area contributed by atoms with E-state index in [1.807, 2.05) is 14.0 Å². The Morgan fingerprint density at radius 3 is 2.38 bits per heavy atom. The van der Waals surface area contributed by atoms with Crippen LogP contribution in [0.3, 0.4) is 0 Å². The Morgan fingerprint density at radius 1 is 1.54 bits per heavy atom. The smallest absolute Gasteiger partial charge is 0.104 e. The number of rotatable bonds is 5. The molecule has 1 atom stereocenters. The quantitative estimate of drug-likeness (QED) is 0.696. The average molecular weight is 183 g/mol. The van der Waals surface area contributed by atoms with Crippen molar-refractivity contribution in [1.82, 2.24) is 10.2 Å². The zero-order valence-electron chi connectivity index (χ0n) is 9.39. The predicted molar refractivity (Wildman–Crippen MR) is 55.5 cm³/mol. The van der Waals surface area contributed by atoms with Gasteiger partial charge in [-0.1, -0.05) is 0 Å². The van der Waals surface area contributed by atoms with Crippen LogP contribution >= 0.6 is 0 Å². The summed E-state index contributed by atoms with van der Waals surface area (Å²) in [5, 5.41) is 11.9. The molecule has 76 valence electrons. The third-order valence-corrected chi connectivity index (χ3v) is 2.64. The first-order valence-electron chi connectivity index (χ1n) is 4.75. The zero-order valence-corrected chi connectivity index (χ0v) is 9.39. The molecular weight excluding hydrogens is 162 g/mol. The van der Waals surface area contributed by atoms with Gasteiger partial charge in [0.15, 0.2) is 0 Å². The summed E-state index contributed by atoms with van der Waals surface area (Å²) in [6, 6.07) is 2.83. The van der Waals surface area contributed by atoms with Gasteiger partial charge >= 0.3 is 0 Å². The molecule has 0 aliphatic heterocycles. The maximum Gasteiger partial charge on any atom is 0.104 e. The highest BCUT2D eigenvalue weighted by molar-refractivity contribution is 5.03. The molecule has 0 radical (unpaired) electrons. The molecule has 1 N–H and O–H groups in total. The fourth-order valence-corrected chi connectivity index (χ4v) is 0.895. The summed E-state index contributed by atoms with van der Waals surface area (Å²) < 4.78 is 0. The molecule has 0 aliphatic carbocycles. The van der Waals surface area contributed by atoms with Crippen LogP contribution in [0.1, 0.15) is 27.2 Å². The minimum Gasteiger partial charge on any atom is -0.304 e. The van der Waals surface area contributed by atoms with Crippen LogP contribution in [0, 0.1) is 11.3 Å². The molecule has 1 unspecified atom stereocenters. The first-order chi connectivity index (χ1) is 5.95. The van der Waals surface area contributed by atoms with Gasteiger partial charge in [-0.3, -0.25) is 0 Å². The summed E-state index contributed by atoms with van der Waals surface area (Å²) in [6.45, 7) is 7.19. The lowest BCUT2D eigenvalue weighted by Gasteiger charge is -2.26. The molecule has 0 rings (SSSR count). The molecule has 0 bridgehead atoms. The second-order valence-electron chi connectivity index (χ2n) is 4.02. The molecular formula is C10H21N3. The molecule has 0 saturated carbocycles. The monoisotopic (exact) mass is 183 g/mol. The van der Waals surface area contributed by atoms with Crippen LogP contribution in [0.15, 0.2) is 0 Å². The number of hydrogen-bond donors (Lipinski definition) is 1. The topological polar surface area (TPSA) is 39.1 Å². The van der Waals surface area contributed by atoms with Crippen LogP contribution in [-0.4, -0.2) is 37.1 Å². The molecule has 3 heteroatoms. The lowest BCUT2D eigenvalue weighted by Crippen LogP contribution is -2.42. The average Bonchev–Trinajstić information content (AvgIpc) is 2.13. The van der Waals surface area contributed by atoms with Gasteiger partial charge in [0.2, 0.25) is 0 Å². The highest BCUT2D eigenvalue weighted by Gasteiger charge is 2.21. The molecule has 0 fully saturated rings. The summed E-state index contributed by atoms with van der Waals surface area (Å²) >= 11 is 0. The Balaban J connectivity index is 3.94. The van der Waals surface area contributed by atoms with E-state index in [9.17, 15) is 0 Å². The molecule has 0 aromatic carbocycles. The lowest BCUT2D eigenvalue weighted by molar-refractivity contribution is 0.248. The fraction of sp³-hybridized carbons (Fsp3) is 0.900. The van der Waals surface area contributed by atoms with E-state index in [0.717, 1.165) is 13.0 Å². The minimum absolute atomic E-state index is 0.386. The van der Waals surface area contributed by atoms with E-state index in [1.165, 1.54) is 0 Å². The van der Waals surface area contributed by atoms with Gasteiger partial charge in [0.1, 0.15) is 5.54 Å². The fourth-order valence-electron chi connectivity index (χ4n) is 0.895. The van der Waals surface area contributed by atoms with Crippen LogP contribution in [-0.2, 0) is 0 Å². The molecule has 0 heterocycles. The molecule has 3 nitrogen and oxygen atoms in total. The van der Waals surface area contributed by atoms with Crippen molar-refractivity contribution in [3.8, 4) is 6.07 Å². The summed E-state index contributed by atoms with van der Waals surface area (Å²) in [5.74, 6) is 0. The number of nitrogens with zero attached hydrogens (tertiary/aromatic N) is 2. The normalized spacial score (nSPS) is 15.8. The molecule has 0 spiro atoms. The molecule has 0 amide bonds. The lowest BCUT2D eigenvalue weighted by atomic mass is 10.00. The highest BCUT2D eigenvalue weighted by atomic mass is 15.1. The standard InChI is InChI=1S/C10H21N3/c1-9(2)13(5)7-6-10(3,8-11)12-4/h9,12H,6-7H2,1-5H3. The van der Waals surface area contributed by atoms with Crippen molar-refractivity contribution < 1.29 is 0 Å². The van der Waals surface area contributed by atoms with E-state index >= 15 is 0 Å². The number of hydrogen-bond acceptors (Lipinski definition) is 3. The van der Waals surface area contributed by atoms with Crippen LogP contribution in [0.25, 0.3) is 0 Å². The Kier molecular flexibility index (Phi) is 4.97. The van der Waals surface area contributed by atoms with E-state index in [4.69, 9.17) is 5.26 Å². The van der Waals surface area contributed by atoms with Crippen LogP contribution < -0.4 is 5.32 Å². The van der Waals surface area contributed by atoms with Crippen molar-refractivity contribution in [2.75, 3.05) is 20.6 Å². The van der Waals surface area contributed by atoms with Gasteiger partial charge in [-0.15, -0.1) is 0 Å². The minimum atomic E-state index is -0.386. The Morgan fingerprint density at radius 2 is 2.08 bits per heavy atom. The maximum atomic E-state index is 8.91. The van der Waals surface area contributed by atoms with Crippen LogP contribution in [0.4, 0.5) is 0 Å². The highest BCUT2D eigenvalue weighted by Crippen LogP contribution is 2.08. The molecule has 0 aromatic heterocycles. The third kappa shape index (κ3) is 4.25. The van der Waals surface area contributed by atoms with E-state index in [2.05, 4.69) is 37.2 Å². The van der Waals surface area contributed by atoms with Crippen molar-refractivity contribution in [1.29, 1.82) is 5.26 Å². The van der Waals surface area contributed by atoms with Gasteiger partial charge in [0.25, 0.3) is 0 Å². The maximum absolute atomic E-state index is 8.91. The van der Waals surface area contributed by atoms with Gasteiger partial charge in [-0.05, 0) is 41.3 Å². The van der Waals surface area contributed by atoms with Crippen LogP contribution in [0.5, 0.6) is 0 Å². The largest absolute Gasteiger partial charge is 0.304 e. The van der Waals surface area contributed by atoms with Crippen LogP contribution in [0.2, 0.25) is 0 Å². The predicted octanol–water partition coefficient (Wildman–Crippen LogP) is 1.22. The SMILES string of the molecule is CNC(C)(C#N)CCN(C)C(C)C. The third-order valence-electron chi connectivity index (χ3n) is 2.64. The van der Waals surface area contributed by atoms with E-state index in [-0.39, 0.29) is 5.54 Å². The van der Waals surface area contributed by atoms with Gasteiger partial charge in [0, 0.05) is 12.6 Å². The Hall–Kier alpha value is -0.590.